The number of esters is 1. The Bertz CT molecular complexity index is 1140. The van der Waals surface area contributed by atoms with Crippen LogP contribution in [0.15, 0.2) is 56.1 Å². The Labute approximate surface area is 176 Å². The quantitative estimate of drug-likeness (QED) is 0.518. The lowest BCUT2D eigenvalue weighted by Gasteiger charge is -2.15. The lowest BCUT2D eigenvalue weighted by Crippen LogP contribution is -2.13. The molecule has 0 spiro atoms. The van der Waals surface area contributed by atoms with Crippen LogP contribution in [0, 0.1) is 0 Å². The molecule has 0 radical (unpaired) electrons. The minimum atomic E-state index is -1.05. The molecule has 3 rings (SSSR count). The number of carboxylic acid groups (broad SMARTS) is 1. The highest BCUT2D eigenvalue weighted by atomic mass is 16.5. The SMILES string of the molecule is COCc1cc(=O)c(O)c([C@@H](CC(=O)OC)c2ccc(-c3ccc(C(=O)O)cc3)o2)o1. The molecule has 31 heavy (non-hydrogen) atoms. The van der Waals surface area contributed by atoms with E-state index in [9.17, 15) is 19.5 Å². The van der Waals surface area contributed by atoms with Crippen molar-refractivity contribution < 1.29 is 38.1 Å². The van der Waals surface area contributed by atoms with Crippen molar-refractivity contribution in [2.24, 2.45) is 0 Å². The molecule has 162 valence electrons. The molecule has 2 heterocycles. The van der Waals surface area contributed by atoms with Crippen molar-refractivity contribution in [3.63, 3.8) is 0 Å². The average molecular weight is 428 g/mol. The number of aromatic hydroxyl groups is 1. The second-order valence-corrected chi connectivity index (χ2v) is 6.64. The van der Waals surface area contributed by atoms with Crippen LogP contribution in [0.1, 0.15) is 40.0 Å². The summed E-state index contributed by atoms with van der Waals surface area (Å²) in [6, 6.07) is 10.3. The van der Waals surface area contributed by atoms with E-state index >= 15 is 0 Å². The van der Waals surface area contributed by atoms with E-state index in [0.29, 0.717) is 11.3 Å². The minimum absolute atomic E-state index is 0.00715. The van der Waals surface area contributed by atoms with Gasteiger partial charge in [-0.25, -0.2) is 4.79 Å². The summed E-state index contributed by atoms with van der Waals surface area (Å²) in [5, 5.41) is 19.3. The first-order valence-corrected chi connectivity index (χ1v) is 9.19. The highest BCUT2D eigenvalue weighted by Crippen LogP contribution is 2.36. The number of carbonyl (C=O) groups excluding carboxylic acids is 1. The maximum atomic E-state index is 12.2. The number of methoxy groups -OCH3 is 2. The van der Waals surface area contributed by atoms with Gasteiger partial charge in [0, 0.05) is 18.7 Å². The van der Waals surface area contributed by atoms with Gasteiger partial charge in [0.15, 0.2) is 5.76 Å². The summed E-state index contributed by atoms with van der Waals surface area (Å²) in [5.74, 6) is -2.56. The highest BCUT2D eigenvalue weighted by Gasteiger charge is 2.29. The van der Waals surface area contributed by atoms with E-state index in [-0.39, 0.29) is 35.9 Å². The van der Waals surface area contributed by atoms with Gasteiger partial charge < -0.3 is 28.5 Å². The molecule has 0 amide bonds. The molecule has 0 aliphatic heterocycles. The average Bonchev–Trinajstić information content (AvgIpc) is 3.24. The maximum absolute atomic E-state index is 12.2. The molecule has 2 N–H and O–H groups in total. The van der Waals surface area contributed by atoms with Crippen LogP contribution >= 0.6 is 0 Å². The van der Waals surface area contributed by atoms with Crippen molar-refractivity contribution in [3.8, 4) is 17.1 Å². The maximum Gasteiger partial charge on any atom is 0.335 e. The molecule has 1 atom stereocenters. The van der Waals surface area contributed by atoms with E-state index < -0.39 is 29.0 Å². The molecule has 0 saturated carbocycles. The van der Waals surface area contributed by atoms with Crippen LogP contribution < -0.4 is 5.43 Å². The number of carboxylic acids is 1. The lowest BCUT2D eigenvalue weighted by atomic mass is 9.98. The zero-order chi connectivity index (χ0) is 22.5. The predicted octanol–water partition coefficient (Wildman–Crippen LogP) is 3.15. The number of aromatic carboxylic acids is 1. The van der Waals surface area contributed by atoms with Gasteiger partial charge in [-0.3, -0.25) is 9.59 Å². The first kappa shape index (κ1) is 21.8. The van der Waals surface area contributed by atoms with Gasteiger partial charge in [0.2, 0.25) is 11.2 Å². The molecular weight excluding hydrogens is 408 g/mol. The van der Waals surface area contributed by atoms with Gasteiger partial charge in [0.05, 0.1) is 25.0 Å². The molecule has 0 saturated heterocycles. The number of rotatable bonds is 8. The van der Waals surface area contributed by atoms with E-state index in [4.69, 9.17) is 23.4 Å². The van der Waals surface area contributed by atoms with Crippen molar-refractivity contribution in [2.75, 3.05) is 14.2 Å². The number of hydrogen-bond donors (Lipinski definition) is 2. The van der Waals surface area contributed by atoms with Crippen LogP contribution in [0.4, 0.5) is 0 Å². The molecule has 1 aromatic carbocycles. The van der Waals surface area contributed by atoms with Gasteiger partial charge in [-0.2, -0.15) is 0 Å². The summed E-state index contributed by atoms with van der Waals surface area (Å²) >= 11 is 0. The monoisotopic (exact) mass is 428 g/mol. The molecule has 9 heteroatoms. The van der Waals surface area contributed by atoms with Crippen molar-refractivity contribution in [3.05, 3.63) is 75.5 Å². The summed E-state index contributed by atoms with van der Waals surface area (Å²) in [7, 11) is 2.64. The summed E-state index contributed by atoms with van der Waals surface area (Å²) in [6.45, 7) is -0.00715. The van der Waals surface area contributed by atoms with Crippen molar-refractivity contribution >= 4 is 11.9 Å². The van der Waals surface area contributed by atoms with E-state index in [0.717, 1.165) is 6.07 Å². The Kier molecular flexibility index (Phi) is 6.56. The third-order valence-electron chi connectivity index (χ3n) is 4.59. The van der Waals surface area contributed by atoms with Crippen molar-refractivity contribution in [1.82, 2.24) is 0 Å². The molecule has 2 aromatic heterocycles. The molecule has 9 nitrogen and oxygen atoms in total. The zero-order valence-electron chi connectivity index (χ0n) is 16.8. The molecule has 0 aliphatic rings. The largest absolute Gasteiger partial charge is 0.502 e. The third-order valence-corrected chi connectivity index (χ3v) is 4.59. The molecule has 0 fully saturated rings. The summed E-state index contributed by atoms with van der Waals surface area (Å²) in [4.78, 5) is 35.2. The Morgan fingerprint density at radius 1 is 1.06 bits per heavy atom. The van der Waals surface area contributed by atoms with E-state index in [1.807, 2.05) is 0 Å². The van der Waals surface area contributed by atoms with E-state index in [1.54, 1.807) is 24.3 Å². The molecule has 3 aromatic rings. The van der Waals surface area contributed by atoms with Gasteiger partial charge in [-0.05, 0) is 24.3 Å². The Morgan fingerprint density at radius 3 is 2.39 bits per heavy atom. The Hall–Kier alpha value is -3.85. The number of carbonyl (C=O) groups is 2. The van der Waals surface area contributed by atoms with Gasteiger partial charge in [-0.15, -0.1) is 0 Å². The van der Waals surface area contributed by atoms with Crippen molar-refractivity contribution in [2.45, 2.75) is 18.9 Å². The second-order valence-electron chi connectivity index (χ2n) is 6.64. The highest BCUT2D eigenvalue weighted by molar-refractivity contribution is 5.88. The zero-order valence-corrected chi connectivity index (χ0v) is 16.8. The van der Waals surface area contributed by atoms with Crippen LogP contribution in [0.3, 0.4) is 0 Å². The van der Waals surface area contributed by atoms with Gasteiger partial charge in [0.1, 0.15) is 23.9 Å². The van der Waals surface area contributed by atoms with Crippen LogP contribution in [0.5, 0.6) is 5.75 Å². The minimum Gasteiger partial charge on any atom is -0.502 e. The summed E-state index contributed by atoms with van der Waals surface area (Å²) in [5.41, 5.74) is 0.0480. The van der Waals surface area contributed by atoms with Gasteiger partial charge in [-0.1, -0.05) is 12.1 Å². The number of furan rings is 1. The van der Waals surface area contributed by atoms with E-state index in [1.165, 1.54) is 26.4 Å². The molecule has 0 bridgehead atoms. The predicted molar refractivity (Wildman–Crippen MR) is 107 cm³/mol. The molecular formula is C22H20O9. The van der Waals surface area contributed by atoms with Crippen LogP contribution in [-0.2, 0) is 20.9 Å². The third kappa shape index (κ3) is 4.84. The first-order chi connectivity index (χ1) is 14.8. The van der Waals surface area contributed by atoms with E-state index in [2.05, 4.69) is 0 Å². The first-order valence-electron chi connectivity index (χ1n) is 9.19. The number of benzene rings is 1. The topological polar surface area (TPSA) is 136 Å². The van der Waals surface area contributed by atoms with Crippen LogP contribution in [0.25, 0.3) is 11.3 Å². The fraction of sp³-hybridized carbons (Fsp3) is 0.227. The fourth-order valence-corrected chi connectivity index (χ4v) is 3.05. The van der Waals surface area contributed by atoms with Crippen LogP contribution in [0.2, 0.25) is 0 Å². The smallest absolute Gasteiger partial charge is 0.335 e. The normalized spacial score (nSPS) is 11.8. The van der Waals surface area contributed by atoms with Crippen molar-refractivity contribution in [1.29, 1.82) is 0 Å². The Balaban J connectivity index is 2.04. The summed E-state index contributed by atoms with van der Waals surface area (Å²) in [6.07, 6.45) is -0.256. The standard InChI is InChI=1S/C22H20O9/c1-28-11-14-9-16(23)20(25)21(30-14)15(10-19(24)29-2)18-8-7-17(31-18)12-3-5-13(6-4-12)22(26)27/h3-9,15,25H,10-11H2,1-2H3,(H,26,27)/t15-/m0/s1. The Morgan fingerprint density at radius 2 is 1.77 bits per heavy atom. The molecule has 0 aliphatic carbocycles. The number of hydrogen-bond acceptors (Lipinski definition) is 8. The second kappa shape index (κ2) is 9.31. The molecule has 0 unspecified atom stereocenters. The van der Waals surface area contributed by atoms with Crippen LogP contribution in [-0.4, -0.2) is 36.4 Å². The van der Waals surface area contributed by atoms with Gasteiger partial charge in [0.25, 0.3) is 0 Å². The fourth-order valence-electron chi connectivity index (χ4n) is 3.05. The lowest BCUT2D eigenvalue weighted by molar-refractivity contribution is -0.141. The number of ether oxygens (including phenoxy) is 2. The van der Waals surface area contributed by atoms with Gasteiger partial charge >= 0.3 is 11.9 Å². The summed E-state index contributed by atoms with van der Waals surface area (Å²) < 4.78 is 21.2.